The summed E-state index contributed by atoms with van der Waals surface area (Å²) in [6.07, 6.45) is 11.0. The molecule has 0 aliphatic heterocycles. The lowest BCUT2D eigenvalue weighted by atomic mass is 9.97. The maximum absolute atomic E-state index is 12.3. The average Bonchev–Trinajstić information content (AvgIpc) is 2.71. The number of rotatable bonds is 9. The maximum atomic E-state index is 12.3. The molecule has 1 aliphatic rings. The lowest BCUT2D eigenvalue weighted by Gasteiger charge is -2.17. The van der Waals surface area contributed by atoms with E-state index in [0.29, 0.717) is 12.5 Å². The monoisotopic (exact) mass is 371 g/mol. The van der Waals surface area contributed by atoms with Crippen LogP contribution in [0.4, 0.5) is 0 Å². The molecule has 0 radical (unpaired) electrons. The summed E-state index contributed by atoms with van der Waals surface area (Å²) in [7, 11) is 1.82. The van der Waals surface area contributed by atoms with Crippen molar-refractivity contribution in [3.8, 4) is 0 Å². The molecule has 0 saturated heterocycles. The van der Waals surface area contributed by atoms with Gasteiger partial charge in [0, 0.05) is 45.0 Å². The van der Waals surface area contributed by atoms with Crippen LogP contribution in [0.15, 0.2) is 41.0 Å². The Morgan fingerprint density at radius 3 is 2.85 bits per heavy atom. The molecule has 148 valence electrons. The summed E-state index contributed by atoms with van der Waals surface area (Å²) in [6, 6.07) is 5.84. The summed E-state index contributed by atoms with van der Waals surface area (Å²) in [5.41, 5.74) is 2.53. The van der Waals surface area contributed by atoms with Crippen molar-refractivity contribution < 1.29 is 4.79 Å². The highest BCUT2D eigenvalue weighted by atomic mass is 16.2. The lowest BCUT2D eigenvalue weighted by molar-refractivity contribution is -0.128. The Kier molecular flexibility index (Phi) is 9.38. The van der Waals surface area contributed by atoms with Crippen molar-refractivity contribution in [1.29, 1.82) is 0 Å². The first-order valence-corrected chi connectivity index (χ1v) is 10.0. The van der Waals surface area contributed by atoms with Crippen LogP contribution >= 0.6 is 0 Å². The van der Waals surface area contributed by atoms with E-state index in [4.69, 9.17) is 0 Å². The van der Waals surface area contributed by atoms with Gasteiger partial charge in [-0.15, -0.1) is 0 Å². The second kappa shape index (κ2) is 12.1. The molecule has 0 unspecified atom stereocenters. The third kappa shape index (κ3) is 8.24. The summed E-state index contributed by atoms with van der Waals surface area (Å²) in [5, 5.41) is 6.55. The minimum Gasteiger partial charge on any atom is -0.357 e. The fourth-order valence-electron chi connectivity index (χ4n) is 3.04. The lowest BCUT2D eigenvalue weighted by Crippen LogP contribution is -2.39. The molecule has 1 amide bonds. The number of likely N-dealkylation sites (N-methyl/N-ethyl adjacent to an activating group) is 1. The normalized spacial score (nSPS) is 14.4. The number of carbonyl (C=O) groups excluding carboxylic acids is 1. The Hall–Kier alpha value is -2.37. The molecule has 0 fully saturated rings. The number of hydrogen-bond donors (Lipinski definition) is 2. The quantitative estimate of drug-likeness (QED) is 0.398. The molecule has 0 saturated carbocycles. The van der Waals surface area contributed by atoms with Gasteiger partial charge >= 0.3 is 0 Å². The van der Waals surface area contributed by atoms with Crippen molar-refractivity contribution in [2.75, 3.05) is 33.2 Å². The molecule has 6 heteroatoms. The van der Waals surface area contributed by atoms with Gasteiger partial charge in [0.2, 0.25) is 5.91 Å². The smallest absolute Gasteiger partial charge is 0.244 e. The minimum atomic E-state index is 0.0122. The number of hydrogen-bond acceptors (Lipinski definition) is 3. The van der Waals surface area contributed by atoms with Crippen molar-refractivity contribution in [2.24, 2.45) is 4.99 Å². The van der Waals surface area contributed by atoms with E-state index in [1.165, 1.54) is 31.3 Å². The summed E-state index contributed by atoms with van der Waals surface area (Å²) in [4.78, 5) is 22.8. The second-order valence-electron chi connectivity index (χ2n) is 6.87. The molecule has 1 aromatic heterocycles. The summed E-state index contributed by atoms with van der Waals surface area (Å²) in [5.74, 6) is 0.721. The van der Waals surface area contributed by atoms with Crippen molar-refractivity contribution in [3.05, 3.63) is 41.7 Å². The largest absolute Gasteiger partial charge is 0.357 e. The molecule has 0 atom stereocenters. The summed E-state index contributed by atoms with van der Waals surface area (Å²) >= 11 is 0. The number of amides is 1. The predicted octanol–water partition coefficient (Wildman–Crippen LogP) is 2.53. The Morgan fingerprint density at radius 1 is 1.26 bits per heavy atom. The Bertz CT molecular complexity index is 627. The van der Waals surface area contributed by atoms with E-state index in [-0.39, 0.29) is 12.5 Å². The molecule has 1 aromatic rings. The number of allylic oxidation sites excluding steroid dienone is 1. The molecule has 2 N–H and O–H groups in total. The van der Waals surface area contributed by atoms with Gasteiger partial charge in [-0.2, -0.15) is 0 Å². The van der Waals surface area contributed by atoms with Crippen LogP contribution in [-0.2, 0) is 11.2 Å². The molecule has 0 bridgehead atoms. The summed E-state index contributed by atoms with van der Waals surface area (Å²) < 4.78 is 0. The Balaban J connectivity index is 1.74. The number of carbonyl (C=O) groups is 1. The molecular weight excluding hydrogens is 338 g/mol. The van der Waals surface area contributed by atoms with Gasteiger partial charge < -0.3 is 15.5 Å². The van der Waals surface area contributed by atoms with Crippen LogP contribution in [0, 0.1) is 0 Å². The van der Waals surface area contributed by atoms with E-state index in [2.05, 4.69) is 26.7 Å². The van der Waals surface area contributed by atoms with Gasteiger partial charge in [0.1, 0.15) is 6.54 Å². The van der Waals surface area contributed by atoms with Crippen molar-refractivity contribution in [1.82, 2.24) is 20.5 Å². The van der Waals surface area contributed by atoms with Crippen LogP contribution in [-0.4, -0.2) is 55.0 Å². The fraction of sp³-hybridized carbons (Fsp3) is 0.571. The zero-order chi connectivity index (χ0) is 19.3. The minimum absolute atomic E-state index is 0.0122. The van der Waals surface area contributed by atoms with Gasteiger partial charge in [0.15, 0.2) is 5.96 Å². The second-order valence-corrected chi connectivity index (χ2v) is 6.87. The van der Waals surface area contributed by atoms with Crippen molar-refractivity contribution in [3.63, 3.8) is 0 Å². The third-order valence-corrected chi connectivity index (χ3v) is 4.70. The Morgan fingerprint density at radius 2 is 2.15 bits per heavy atom. The van der Waals surface area contributed by atoms with Gasteiger partial charge in [-0.05, 0) is 51.2 Å². The predicted molar refractivity (Wildman–Crippen MR) is 111 cm³/mol. The van der Waals surface area contributed by atoms with Crippen molar-refractivity contribution >= 4 is 11.9 Å². The number of aromatic nitrogens is 1. The van der Waals surface area contributed by atoms with Crippen LogP contribution in [0.5, 0.6) is 0 Å². The number of aliphatic imine (C=N–C) groups is 1. The van der Waals surface area contributed by atoms with E-state index < -0.39 is 0 Å². The Labute approximate surface area is 163 Å². The zero-order valence-electron chi connectivity index (χ0n) is 16.7. The standard InChI is InChI=1S/C21H33N5O/c1-3-22-21(24-15-12-18-9-5-4-6-10-18)25-17-20(27)26(2)16-13-19-11-7-8-14-23-19/h7-9,11,14H,3-6,10,12-13,15-17H2,1-2H3,(H2,22,24,25). The van der Waals surface area contributed by atoms with Gasteiger partial charge in [0.05, 0.1) is 0 Å². The van der Waals surface area contributed by atoms with E-state index in [1.807, 2.05) is 32.2 Å². The number of guanidine groups is 1. The van der Waals surface area contributed by atoms with Crippen LogP contribution in [0.3, 0.4) is 0 Å². The fourth-order valence-corrected chi connectivity index (χ4v) is 3.04. The maximum Gasteiger partial charge on any atom is 0.244 e. The molecule has 0 spiro atoms. The van der Waals surface area contributed by atoms with E-state index in [0.717, 1.165) is 31.6 Å². The molecular formula is C21H33N5O. The molecule has 1 heterocycles. The van der Waals surface area contributed by atoms with E-state index in [9.17, 15) is 4.79 Å². The van der Waals surface area contributed by atoms with Crippen molar-refractivity contribution in [2.45, 2.75) is 45.4 Å². The average molecular weight is 372 g/mol. The van der Waals surface area contributed by atoms with Gasteiger partial charge in [-0.25, -0.2) is 4.99 Å². The highest BCUT2D eigenvalue weighted by molar-refractivity contribution is 5.84. The van der Waals surface area contributed by atoms with Gasteiger partial charge in [-0.1, -0.05) is 17.7 Å². The highest BCUT2D eigenvalue weighted by Crippen LogP contribution is 2.19. The van der Waals surface area contributed by atoms with Gasteiger partial charge in [0.25, 0.3) is 0 Å². The highest BCUT2D eigenvalue weighted by Gasteiger charge is 2.09. The SMILES string of the molecule is CCNC(=NCC(=O)N(C)CCc1ccccn1)NCCC1=CCCCC1. The first-order valence-electron chi connectivity index (χ1n) is 10.0. The van der Waals surface area contributed by atoms with Crippen LogP contribution in [0.2, 0.25) is 0 Å². The molecule has 0 aromatic carbocycles. The number of nitrogens with one attached hydrogen (secondary N) is 2. The molecule has 6 nitrogen and oxygen atoms in total. The molecule has 2 rings (SSSR count). The molecule has 27 heavy (non-hydrogen) atoms. The topological polar surface area (TPSA) is 69.6 Å². The first kappa shape index (κ1) is 20.9. The summed E-state index contributed by atoms with van der Waals surface area (Å²) in [6.45, 7) is 4.45. The van der Waals surface area contributed by atoms with Gasteiger partial charge in [-0.3, -0.25) is 9.78 Å². The third-order valence-electron chi connectivity index (χ3n) is 4.70. The van der Waals surface area contributed by atoms with E-state index in [1.54, 1.807) is 11.1 Å². The zero-order valence-corrected chi connectivity index (χ0v) is 16.7. The van der Waals surface area contributed by atoms with Crippen LogP contribution in [0.1, 0.15) is 44.7 Å². The first-order chi connectivity index (χ1) is 13.2. The van der Waals surface area contributed by atoms with Crippen LogP contribution < -0.4 is 10.6 Å². The van der Waals surface area contributed by atoms with Crippen LogP contribution in [0.25, 0.3) is 0 Å². The molecule has 1 aliphatic carbocycles. The van der Waals surface area contributed by atoms with E-state index >= 15 is 0 Å². The number of nitrogens with zero attached hydrogens (tertiary/aromatic N) is 3. The number of pyridine rings is 1.